The summed E-state index contributed by atoms with van der Waals surface area (Å²) in [5.41, 5.74) is 4.27. The molecule has 31 heavy (non-hydrogen) atoms. The Balaban J connectivity index is 1.62. The normalized spacial score (nSPS) is 26.1. The Bertz CT molecular complexity index is 1180. The van der Waals surface area contributed by atoms with Gasteiger partial charge >= 0.3 is 0 Å². The molecule has 0 saturated carbocycles. The van der Waals surface area contributed by atoms with Crippen molar-refractivity contribution in [1.29, 1.82) is 0 Å². The van der Waals surface area contributed by atoms with E-state index in [2.05, 4.69) is 22.0 Å². The Morgan fingerprint density at radius 3 is 2.35 bits per heavy atom. The van der Waals surface area contributed by atoms with Gasteiger partial charge in [0.05, 0.1) is 28.0 Å². The van der Waals surface area contributed by atoms with E-state index >= 15 is 0 Å². The minimum atomic E-state index is -3.71. The van der Waals surface area contributed by atoms with Crippen molar-refractivity contribution >= 4 is 26.0 Å². The van der Waals surface area contributed by atoms with Crippen molar-refractivity contribution in [3.8, 4) is 0 Å². The summed E-state index contributed by atoms with van der Waals surface area (Å²) >= 11 is 3.78. The van der Waals surface area contributed by atoms with Crippen molar-refractivity contribution in [2.24, 2.45) is 0 Å². The molecular weight excluding hydrogens is 474 g/mol. The van der Waals surface area contributed by atoms with Crippen LogP contribution in [0.5, 0.6) is 0 Å². The number of halogens is 1. The SMILES string of the molecule is Cc1ccc(S(=O)(=O)N2C[C@@H](Br)[C@H](c3ccccc3)O[C@@H]3Cc4ccccc4[C@@H]32)cc1. The molecule has 4 nitrogen and oxygen atoms in total. The third kappa shape index (κ3) is 3.76. The summed E-state index contributed by atoms with van der Waals surface area (Å²) in [5, 5.41) is 0. The van der Waals surface area contributed by atoms with E-state index in [0.29, 0.717) is 17.9 Å². The van der Waals surface area contributed by atoms with E-state index in [9.17, 15) is 8.42 Å². The van der Waals surface area contributed by atoms with Crippen molar-refractivity contribution in [3.63, 3.8) is 0 Å². The second-order valence-electron chi connectivity index (χ2n) is 8.26. The highest BCUT2D eigenvalue weighted by atomic mass is 79.9. The molecule has 2 aliphatic rings. The maximum Gasteiger partial charge on any atom is 0.243 e. The average molecular weight is 498 g/mol. The van der Waals surface area contributed by atoms with Crippen LogP contribution in [0.15, 0.2) is 83.8 Å². The van der Waals surface area contributed by atoms with E-state index in [4.69, 9.17) is 4.74 Å². The van der Waals surface area contributed by atoms with Crippen molar-refractivity contribution < 1.29 is 13.2 Å². The van der Waals surface area contributed by atoms with Gasteiger partial charge < -0.3 is 4.74 Å². The molecule has 0 amide bonds. The molecule has 1 heterocycles. The Morgan fingerprint density at radius 1 is 0.935 bits per heavy atom. The quantitative estimate of drug-likeness (QED) is 0.468. The minimum absolute atomic E-state index is 0.173. The number of nitrogens with zero attached hydrogens (tertiary/aromatic N) is 1. The van der Waals surface area contributed by atoms with Gasteiger partial charge in [-0.1, -0.05) is 88.2 Å². The summed E-state index contributed by atoms with van der Waals surface area (Å²) in [4.78, 5) is 0.145. The summed E-state index contributed by atoms with van der Waals surface area (Å²) in [6.45, 7) is 2.28. The maximum absolute atomic E-state index is 13.8. The zero-order valence-electron chi connectivity index (χ0n) is 17.2. The fourth-order valence-corrected chi connectivity index (χ4v) is 7.27. The topological polar surface area (TPSA) is 46.6 Å². The molecule has 0 aromatic heterocycles. The lowest BCUT2D eigenvalue weighted by molar-refractivity contribution is -0.0164. The lowest BCUT2D eigenvalue weighted by Crippen LogP contribution is -2.40. The highest BCUT2D eigenvalue weighted by molar-refractivity contribution is 9.09. The van der Waals surface area contributed by atoms with Gasteiger partial charge in [-0.05, 0) is 35.7 Å². The highest BCUT2D eigenvalue weighted by Crippen LogP contribution is 2.46. The van der Waals surface area contributed by atoms with E-state index in [0.717, 1.165) is 22.3 Å². The van der Waals surface area contributed by atoms with Crippen LogP contribution in [0.2, 0.25) is 0 Å². The molecule has 5 rings (SSSR count). The van der Waals surface area contributed by atoms with Crippen LogP contribution in [0, 0.1) is 6.92 Å². The third-order valence-electron chi connectivity index (χ3n) is 6.22. The summed E-state index contributed by atoms with van der Waals surface area (Å²) in [5.74, 6) is 0. The summed E-state index contributed by atoms with van der Waals surface area (Å²) in [6, 6.07) is 24.9. The molecule has 0 unspecified atom stereocenters. The first-order valence-corrected chi connectivity index (χ1v) is 12.8. The fourth-order valence-electron chi connectivity index (χ4n) is 4.68. The lowest BCUT2D eigenvalue weighted by atomic mass is 10.1. The number of benzene rings is 3. The van der Waals surface area contributed by atoms with Crippen LogP contribution in [0.4, 0.5) is 0 Å². The van der Waals surface area contributed by atoms with Crippen LogP contribution in [-0.4, -0.2) is 30.2 Å². The first-order valence-electron chi connectivity index (χ1n) is 10.5. The molecule has 1 saturated heterocycles. The largest absolute Gasteiger partial charge is 0.367 e. The van der Waals surface area contributed by atoms with Crippen LogP contribution in [0.3, 0.4) is 0 Å². The molecule has 3 aromatic carbocycles. The van der Waals surface area contributed by atoms with Crippen LogP contribution >= 0.6 is 15.9 Å². The van der Waals surface area contributed by atoms with Gasteiger partial charge in [0, 0.05) is 13.0 Å². The summed E-state index contributed by atoms with van der Waals surface area (Å²) < 4.78 is 36.0. The van der Waals surface area contributed by atoms with E-state index in [1.807, 2.05) is 67.6 Å². The molecule has 0 radical (unpaired) electrons. The van der Waals surface area contributed by atoms with Crippen molar-refractivity contribution in [1.82, 2.24) is 4.31 Å². The molecule has 1 fully saturated rings. The number of alkyl halides is 1. The molecular formula is C25H24BrNO3S. The highest BCUT2D eigenvalue weighted by Gasteiger charge is 2.48. The number of fused-ring (bicyclic) bond motifs is 3. The van der Waals surface area contributed by atoms with E-state index in [1.54, 1.807) is 16.4 Å². The molecule has 0 spiro atoms. The minimum Gasteiger partial charge on any atom is -0.367 e. The van der Waals surface area contributed by atoms with Gasteiger partial charge in [0.1, 0.15) is 0 Å². The van der Waals surface area contributed by atoms with E-state index < -0.39 is 10.0 Å². The number of hydrogen-bond acceptors (Lipinski definition) is 3. The number of rotatable bonds is 3. The van der Waals surface area contributed by atoms with Gasteiger partial charge in [-0.25, -0.2) is 8.42 Å². The Kier molecular flexibility index (Phi) is 5.51. The van der Waals surface area contributed by atoms with Crippen LogP contribution < -0.4 is 0 Å². The van der Waals surface area contributed by atoms with Gasteiger partial charge in [-0.3, -0.25) is 0 Å². The van der Waals surface area contributed by atoms with Crippen LogP contribution in [0.1, 0.15) is 34.4 Å². The van der Waals surface area contributed by atoms with Crippen LogP contribution in [0.25, 0.3) is 0 Å². The van der Waals surface area contributed by atoms with Crippen molar-refractivity contribution in [3.05, 3.63) is 101 Å². The fraction of sp³-hybridized carbons (Fsp3) is 0.280. The molecule has 4 atom stereocenters. The summed E-state index contributed by atoms with van der Waals surface area (Å²) in [7, 11) is -3.71. The smallest absolute Gasteiger partial charge is 0.243 e. The summed E-state index contributed by atoms with van der Waals surface area (Å²) in [6.07, 6.45) is 0.218. The van der Waals surface area contributed by atoms with Gasteiger partial charge in [-0.2, -0.15) is 4.31 Å². The lowest BCUT2D eigenvalue weighted by Gasteiger charge is -2.30. The average Bonchev–Trinajstić information content (AvgIpc) is 3.06. The standard InChI is InChI=1S/C25H24BrNO3S/c1-17-11-13-20(14-12-17)31(28,29)27-16-22(26)25(18-7-3-2-4-8-18)30-23-15-19-9-5-6-10-21(19)24(23)27/h2-14,22-25H,15-16H2,1H3/t22-,23-,24+,25+/m1/s1. The molecule has 0 bridgehead atoms. The number of ether oxygens (including phenoxy) is 1. The van der Waals surface area contributed by atoms with Gasteiger partial charge in [-0.15, -0.1) is 0 Å². The second kappa shape index (κ2) is 8.17. The van der Waals surface area contributed by atoms with Crippen LogP contribution in [-0.2, 0) is 21.2 Å². The zero-order valence-corrected chi connectivity index (χ0v) is 19.6. The second-order valence-corrected chi connectivity index (χ2v) is 11.3. The molecule has 1 aliphatic heterocycles. The van der Waals surface area contributed by atoms with Crippen molar-refractivity contribution in [2.75, 3.05) is 6.54 Å². The maximum atomic E-state index is 13.8. The van der Waals surface area contributed by atoms with Gasteiger partial charge in [0.25, 0.3) is 0 Å². The van der Waals surface area contributed by atoms with E-state index in [1.165, 1.54) is 0 Å². The number of sulfonamides is 1. The van der Waals surface area contributed by atoms with Gasteiger partial charge in [0.2, 0.25) is 10.0 Å². The Hall–Kier alpha value is -1.99. The predicted octanol–water partition coefficient (Wildman–Crippen LogP) is 5.19. The number of aryl methyl sites for hydroxylation is 1. The predicted molar refractivity (Wildman–Crippen MR) is 125 cm³/mol. The molecule has 1 aliphatic carbocycles. The zero-order chi connectivity index (χ0) is 21.6. The van der Waals surface area contributed by atoms with E-state index in [-0.39, 0.29) is 23.1 Å². The molecule has 6 heteroatoms. The monoisotopic (exact) mass is 497 g/mol. The van der Waals surface area contributed by atoms with Gasteiger partial charge in [0.15, 0.2) is 0 Å². The third-order valence-corrected chi connectivity index (χ3v) is 8.85. The first kappa shape index (κ1) is 20.9. The van der Waals surface area contributed by atoms with Crippen molar-refractivity contribution in [2.45, 2.75) is 41.3 Å². The number of hydrogen-bond donors (Lipinski definition) is 0. The molecule has 3 aromatic rings. The first-order chi connectivity index (χ1) is 14.9. The molecule has 160 valence electrons. The Labute approximate surface area is 192 Å². The Morgan fingerprint density at radius 2 is 1.61 bits per heavy atom. The molecule has 0 N–H and O–H groups in total.